The zero-order chi connectivity index (χ0) is 10.9. The molecule has 2 N–H and O–H groups in total. The third kappa shape index (κ3) is 1.84. The van der Waals surface area contributed by atoms with Crippen molar-refractivity contribution in [2.24, 2.45) is 0 Å². The largest absolute Gasteiger partial charge is 0.492 e. The maximum absolute atomic E-state index is 13.1. The topological polar surface area (TPSA) is 57.5 Å². The molecule has 0 unspecified atom stereocenters. The Morgan fingerprint density at radius 1 is 1.36 bits per heavy atom. The van der Waals surface area contributed by atoms with Gasteiger partial charge < -0.3 is 10.0 Å². The first-order chi connectivity index (χ1) is 6.49. The van der Waals surface area contributed by atoms with Crippen LogP contribution in [0.15, 0.2) is 10.5 Å². The first-order valence-corrected chi connectivity index (χ1v) is 4.27. The number of rotatable bonds is 2. The number of carbonyl (C=O) groups is 1. The molecular formula is C7H4BBrF2O3. The van der Waals surface area contributed by atoms with Gasteiger partial charge in [0.1, 0.15) is 0 Å². The second kappa shape index (κ2) is 4.16. The van der Waals surface area contributed by atoms with Crippen molar-refractivity contribution in [2.75, 3.05) is 0 Å². The zero-order valence-corrected chi connectivity index (χ0v) is 8.25. The highest BCUT2D eigenvalue weighted by atomic mass is 79.9. The van der Waals surface area contributed by atoms with Crippen molar-refractivity contribution in [3.8, 4) is 0 Å². The zero-order valence-electron chi connectivity index (χ0n) is 6.67. The second-order valence-corrected chi connectivity index (χ2v) is 3.34. The van der Waals surface area contributed by atoms with E-state index in [0.717, 1.165) is 6.07 Å². The van der Waals surface area contributed by atoms with Crippen molar-refractivity contribution < 1.29 is 23.6 Å². The summed E-state index contributed by atoms with van der Waals surface area (Å²) in [6.45, 7) is 0. The highest BCUT2D eigenvalue weighted by Crippen LogP contribution is 2.16. The molecule has 0 aliphatic carbocycles. The number of hydrogen-bond donors (Lipinski definition) is 2. The highest BCUT2D eigenvalue weighted by molar-refractivity contribution is 9.10. The van der Waals surface area contributed by atoms with E-state index in [1.54, 1.807) is 0 Å². The molecule has 0 fully saturated rings. The van der Waals surface area contributed by atoms with Crippen molar-refractivity contribution in [3.05, 3.63) is 27.7 Å². The van der Waals surface area contributed by atoms with Crippen LogP contribution in [0.1, 0.15) is 10.4 Å². The molecule has 14 heavy (non-hydrogen) atoms. The number of benzene rings is 1. The summed E-state index contributed by atoms with van der Waals surface area (Å²) in [6, 6.07) is 0.972. The molecule has 0 aromatic heterocycles. The van der Waals surface area contributed by atoms with Gasteiger partial charge in [0.15, 0.2) is 17.9 Å². The van der Waals surface area contributed by atoms with E-state index in [1.165, 1.54) is 0 Å². The molecule has 0 atom stereocenters. The summed E-state index contributed by atoms with van der Waals surface area (Å²) in [5.41, 5.74) is -1.12. The average Bonchev–Trinajstić information content (AvgIpc) is 2.10. The third-order valence-electron chi connectivity index (χ3n) is 1.61. The van der Waals surface area contributed by atoms with Crippen LogP contribution in [-0.4, -0.2) is 23.5 Å². The molecule has 1 rings (SSSR count). The van der Waals surface area contributed by atoms with Gasteiger partial charge in [0.2, 0.25) is 0 Å². The van der Waals surface area contributed by atoms with E-state index in [9.17, 15) is 13.6 Å². The molecule has 0 amide bonds. The van der Waals surface area contributed by atoms with Crippen molar-refractivity contribution in [3.63, 3.8) is 0 Å². The van der Waals surface area contributed by atoms with E-state index in [1.807, 2.05) is 0 Å². The molecule has 0 aliphatic rings. The van der Waals surface area contributed by atoms with Gasteiger partial charge in [0.05, 0.1) is 5.56 Å². The van der Waals surface area contributed by atoms with Crippen molar-refractivity contribution in [1.29, 1.82) is 0 Å². The van der Waals surface area contributed by atoms with Gasteiger partial charge in [-0.15, -0.1) is 0 Å². The van der Waals surface area contributed by atoms with Crippen LogP contribution in [0.3, 0.4) is 0 Å². The monoisotopic (exact) mass is 264 g/mol. The Kier molecular flexibility index (Phi) is 3.36. The average molecular weight is 265 g/mol. The molecule has 0 bridgehead atoms. The molecule has 0 saturated carbocycles. The van der Waals surface area contributed by atoms with Crippen LogP contribution in [0, 0.1) is 11.6 Å². The molecule has 7 heteroatoms. The van der Waals surface area contributed by atoms with Crippen LogP contribution in [0.5, 0.6) is 0 Å². The summed E-state index contributed by atoms with van der Waals surface area (Å²) < 4.78 is 26.0. The van der Waals surface area contributed by atoms with Crippen LogP contribution < -0.4 is 5.46 Å². The number of halogens is 3. The fraction of sp³-hybridized carbons (Fsp3) is 0. The Bertz CT molecular complexity index is 384. The highest BCUT2D eigenvalue weighted by Gasteiger charge is 2.25. The van der Waals surface area contributed by atoms with E-state index in [2.05, 4.69) is 15.9 Å². The summed E-state index contributed by atoms with van der Waals surface area (Å²) in [7, 11) is -2.14. The third-order valence-corrected chi connectivity index (χ3v) is 2.26. The smallest absolute Gasteiger partial charge is 0.423 e. The van der Waals surface area contributed by atoms with E-state index in [0.29, 0.717) is 0 Å². The maximum atomic E-state index is 13.1. The van der Waals surface area contributed by atoms with Gasteiger partial charge >= 0.3 is 7.12 Å². The van der Waals surface area contributed by atoms with Gasteiger partial charge in [-0.05, 0) is 6.07 Å². The normalized spacial score (nSPS) is 10.1. The lowest BCUT2D eigenvalue weighted by Crippen LogP contribution is -2.35. The molecule has 0 heterocycles. The fourth-order valence-corrected chi connectivity index (χ4v) is 1.58. The van der Waals surface area contributed by atoms with Gasteiger partial charge in [-0.1, -0.05) is 15.9 Å². The summed E-state index contributed by atoms with van der Waals surface area (Å²) in [5.74, 6) is -2.84. The second-order valence-electron chi connectivity index (χ2n) is 2.48. The van der Waals surface area contributed by atoms with E-state index in [4.69, 9.17) is 10.0 Å². The summed E-state index contributed by atoms with van der Waals surface area (Å²) in [4.78, 5) is 10.3. The Morgan fingerprint density at radius 3 is 2.36 bits per heavy atom. The van der Waals surface area contributed by atoms with E-state index < -0.39 is 29.8 Å². The van der Waals surface area contributed by atoms with Gasteiger partial charge in [0.25, 0.3) is 0 Å². The van der Waals surface area contributed by atoms with Gasteiger partial charge in [-0.3, -0.25) is 4.79 Å². The van der Waals surface area contributed by atoms with Gasteiger partial charge in [0, 0.05) is 9.94 Å². The predicted octanol–water partition coefficient (Wildman–Crippen LogP) is 0.220. The summed E-state index contributed by atoms with van der Waals surface area (Å²) in [6.07, 6.45) is 0.136. The van der Waals surface area contributed by atoms with Crippen LogP contribution in [-0.2, 0) is 0 Å². The van der Waals surface area contributed by atoms with Crippen molar-refractivity contribution in [2.45, 2.75) is 0 Å². The van der Waals surface area contributed by atoms with Gasteiger partial charge in [-0.25, -0.2) is 8.78 Å². The van der Waals surface area contributed by atoms with E-state index in [-0.39, 0.29) is 10.8 Å². The molecule has 74 valence electrons. The summed E-state index contributed by atoms with van der Waals surface area (Å²) >= 11 is 2.79. The number of hydrogen-bond acceptors (Lipinski definition) is 3. The molecule has 3 nitrogen and oxygen atoms in total. The van der Waals surface area contributed by atoms with Crippen LogP contribution in [0.4, 0.5) is 8.78 Å². The Labute approximate surface area is 86.6 Å². The SMILES string of the molecule is O=Cc1cc(Br)c(B(O)O)c(F)c1F. The molecular weight excluding hydrogens is 261 g/mol. The summed E-state index contributed by atoms with van der Waals surface area (Å²) in [5, 5.41) is 17.4. The predicted molar refractivity (Wildman–Crippen MR) is 49.3 cm³/mol. The minimum atomic E-state index is -2.14. The number of aldehydes is 1. The van der Waals surface area contributed by atoms with Crippen molar-refractivity contribution in [1.82, 2.24) is 0 Å². The molecule has 0 aliphatic heterocycles. The lowest BCUT2D eigenvalue weighted by Gasteiger charge is -2.06. The molecule has 1 aromatic rings. The number of carbonyl (C=O) groups excluding carboxylic acids is 1. The Morgan fingerprint density at radius 2 is 1.93 bits per heavy atom. The van der Waals surface area contributed by atoms with Crippen LogP contribution >= 0.6 is 15.9 Å². The lowest BCUT2D eigenvalue weighted by atomic mass is 9.79. The fourth-order valence-electron chi connectivity index (χ4n) is 0.950. The molecule has 1 aromatic carbocycles. The van der Waals surface area contributed by atoms with Crippen LogP contribution in [0.2, 0.25) is 0 Å². The molecule has 0 spiro atoms. The molecule has 0 saturated heterocycles. The van der Waals surface area contributed by atoms with Crippen LogP contribution in [0.25, 0.3) is 0 Å². The lowest BCUT2D eigenvalue weighted by molar-refractivity contribution is 0.111. The maximum Gasteiger partial charge on any atom is 0.492 e. The standard InChI is InChI=1S/C7H4BBrF2O3/c9-4-1-3(2-12)6(10)7(11)5(4)8(13)14/h1-2,13-14H. The van der Waals surface area contributed by atoms with Gasteiger partial charge in [-0.2, -0.15) is 0 Å². The van der Waals surface area contributed by atoms with E-state index >= 15 is 0 Å². The Balaban J connectivity index is 3.48. The quantitative estimate of drug-likeness (QED) is 0.457. The first kappa shape index (κ1) is 11.3. The minimum absolute atomic E-state index is 0.0755. The first-order valence-electron chi connectivity index (χ1n) is 3.47. The molecule has 0 radical (unpaired) electrons. The van der Waals surface area contributed by atoms with Crippen molar-refractivity contribution >= 4 is 34.8 Å². The Hall–Kier alpha value is -0.785. The minimum Gasteiger partial charge on any atom is -0.423 e.